The second-order valence-corrected chi connectivity index (χ2v) is 3.80. The second-order valence-electron chi connectivity index (χ2n) is 3.80. The molecular formula is C11H13NO. The molecule has 1 aliphatic rings. The molecule has 0 aromatic heterocycles. The van der Waals surface area contributed by atoms with Gasteiger partial charge in [0, 0.05) is 5.56 Å². The number of benzene rings is 1. The van der Waals surface area contributed by atoms with Crippen molar-refractivity contribution in [3.8, 4) is 0 Å². The van der Waals surface area contributed by atoms with Crippen molar-refractivity contribution in [3.05, 3.63) is 35.4 Å². The van der Waals surface area contributed by atoms with E-state index in [1.807, 2.05) is 31.2 Å². The smallest absolute Gasteiger partial charge is 0.182 e. The molecule has 0 radical (unpaired) electrons. The Kier molecular flexibility index (Phi) is 1.74. The molecule has 1 aromatic rings. The molecule has 1 aromatic carbocycles. The van der Waals surface area contributed by atoms with Crippen molar-refractivity contribution >= 4 is 5.78 Å². The number of rotatable bonds is 2. The first-order valence-electron chi connectivity index (χ1n) is 4.53. The number of carbonyl (C=O) groups is 1. The maximum absolute atomic E-state index is 11.8. The van der Waals surface area contributed by atoms with Crippen LogP contribution >= 0.6 is 0 Å². The summed E-state index contributed by atoms with van der Waals surface area (Å²) in [4.78, 5) is 11.8. The largest absolute Gasteiger partial charge is 0.319 e. The summed E-state index contributed by atoms with van der Waals surface area (Å²) in [5.74, 6) is 0.102. The molecule has 0 bridgehead atoms. The zero-order valence-electron chi connectivity index (χ0n) is 7.71. The summed E-state index contributed by atoms with van der Waals surface area (Å²) in [6.07, 6.45) is 1.67. The van der Waals surface area contributed by atoms with Gasteiger partial charge in [-0.1, -0.05) is 24.3 Å². The summed E-state index contributed by atoms with van der Waals surface area (Å²) in [5, 5.41) is 0. The summed E-state index contributed by atoms with van der Waals surface area (Å²) in [6.45, 7) is 1.94. The van der Waals surface area contributed by atoms with Crippen molar-refractivity contribution in [3.63, 3.8) is 0 Å². The van der Waals surface area contributed by atoms with E-state index in [0.29, 0.717) is 0 Å². The summed E-state index contributed by atoms with van der Waals surface area (Å²) in [5.41, 5.74) is 7.10. The molecule has 1 saturated carbocycles. The molecule has 1 fully saturated rings. The Bertz CT molecular complexity index is 353. The minimum absolute atomic E-state index is 0.102. The number of carbonyl (C=O) groups excluding carboxylic acids is 1. The van der Waals surface area contributed by atoms with Crippen LogP contribution in [0.2, 0.25) is 0 Å². The average molecular weight is 175 g/mol. The number of hydrogen-bond acceptors (Lipinski definition) is 2. The number of nitrogens with two attached hydrogens (primary N) is 1. The summed E-state index contributed by atoms with van der Waals surface area (Å²) in [7, 11) is 0. The molecule has 2 heteroatoms. The zero-order valence-corrected chi connectivity index (χ0v) is 7.71. The van der Waals surface area contributed by atoms with Crippen LogP contribution in [0.4, 0.5) is 0 Å². The van der Waals surface area contributed by atoms with Crippen LogP contribution in [0.3, 0.4) is 0 Å². The van der Waals surface area contributed by atoms with Crippen LogP contribution < -0.4 is 5.73 Å². The Morgan fingerprint density at radius 1 is 1.38 bits per heavy atom. The van der Waals surface area contributed by atoms with Gasteiger partial charge in [-0.05, 0) is 25.3 Å². The Hall–Kier alpha value is -1.15. The minimum Gasteiger partial charge on any atom is -0.319 e. The molecule has 1 aliphatic carbocycles. The number of ketones is 1. The van der Waals surface area contributed by atoms with Crippen LogP contribution in [-0.4, -0.2) is 11.3 Å². The van der Waals surface area contributed by atoms with Gasteiger partial charge in [0.05, 0.1) is 5.54 Å². The third-order valence-electron chi connectivity index (χ3n) is 2.63. The number of Topliss-reactive ketones (excluding diaryl/α,β-unsaturated/α-hetero) is 1. The first kappa shape index (κ1) is 8.45. The van der Waals surface area contributed by atoms with Gasteiger partial charge in [-0.2, -0.15) is 0 Å². The van der Waals surface area contributed by atoms with E-state index in [9.17, 15) is 4.79 Å². The lowest BCUT2D eigenvalue weighted by Crippen LogP contribution is -2.33. The van der Waals surface area contributed by atoms with Crippen LogP contribution in [0.1, 0.15) is 28.8 Å². The highest BCUT2D eigenvalue weighted by Crippen LogP contribution is 2.36. The summed E-state index contributed by atoms with van der Waals surface area (Å²) >= 11 is 0. The first-order chi connectivity index (χ1) is 6.13. The Morgan fingerprint density at radius 3 is 2.54 bits per heavy atom. The van der Waals surface area contributed by atoms with E-state index >= 15 is 0 Å². The van der Waals surface area contributed by atoms with Gasteiger partial charge in [-0.3, -0.25) is 4.79 Å². The fourth-order valence-electron chi connectivity index (χ4n) is 1.46. The van der Waals surface area contributed by atoms with E-state index < -0.39 is 5.54 Å². The highest BCUT2D eigenvalue weighted by atomic mass is 16.1. The zero-order chi connectivity index (χ0) is 9.47. The number of aryl methyl sites for hydroxylation is 1. The van der Waals surface area contributed by atoms with Crippen LogP contribution in [0.25, 0.3) is 0 Å². The number of hydrogen-bond donors (Lipinski definition) is 1. The van der Waals surface area contributed by atoms with Crippen molar-refractivity contribution in [1.82, 2.24) is 0 Å². The van der Waals surface area contributed by atoms with Gasteiger partial charge < -0.3 is 5.73 Å². The topological polar surface area (TPSA) is 43.1 Å². The van der Waals surface area contributed by atoms with Crippen molar-refractivity contribution in [2.75, 3.05) is 0 Å². The molecule has 2 nitrogen and oxygen atoms in total. The lowest BCUT2D eigenvalue weighted by atomic mass is 9.99. The van der Waals surface area contributed by atoms with E-state index in [4.69, 9.17) is 5.73 Å². The quantitative estimate of drug-likeness (QED) is 0.695. The SMILES string of the molecule is Cc1ccccc1C(=O)C1(N)CC1. The van der Waals surface area contributed by atoms with Gasteiger partial charge in [0.2, 0.25) is 0 Å². The molecule has 0 heterocycles. The van der Waals surface area contributed by atoms with Crippen LogP contribution in [0.5, 0.6) is 0 Å². The molecule has 68 valence electrons. The van der Waals surface area contributed by atoms with Crippen molar-refractivity contribution in [2.24, 2.45) is 5.73 Å². The molecule has 0 unspecified atom stereocenters. The van der Waals surface area contributed by atoms with Crippen molar-refractivity contribution < 1.29 is 4.79 Å². The molecule has 0 spiro atoms. The van der Waals surface area contributed by atoms with E-state index in [0.717, 1.165) is 24.0 Å². The maximum atomic E-state index is 11.8. The van der Waals surface area contributed by atoms with Crippen LogP contribution in [-0.2, 0) is 0 Å². The molecule has 13 heavy (non-hydrogen) atoms. The Morgan fingerprint density at radius 2 is 2.00 bits per heavy atom. The third-order valence-corrected chi connectivity index (χ3v) is 2.63. The predicted octanol–water partition coefficient (Wildman–Crippen LogP) is 1.67. The Balaban J connectivity index is 2.36. The highest BCUT2D eigenvalue weighted by molar-refractivity contribution is 6.06. The van der Waals surface area contributed by atoms with Gasteiger partial charge in [0.15, 0.2) is 5.78 Å². The molecule has 2 N–H and O–H groups in total. The predicted molar refractivity (Wildman–Crippen MR) is 51.7 cm³/mol. The van der Waals surface area contributed by atoms with Crippen LogP contribution in [0.15, 0.2) is 24.3 Å². The van der Waals surface area contributed by atoms with Gasteiger partial charge in [0.1, 0.15) is 0 Å². The lowest BCUT2D eigenvalue weighted by molar-refractivity contribution is 0.0948. The molecule has 0 aliphatic heterocycles. The molecular weight excluding hydrogens is 162 g/mol. The standard InChI is InChI=1S/C11H13NO/c1-8-4-2-3-5-9(8)10(13)11(12)6-7-11/h2-5H,6-7,12H2,1H3. The molecule has 0 atom stereocenters. The van der Waals surface area contributed by atoms with Crippen molar-refractivity contribution in [2.45, 2.75) is 25.3 Å². The monoisotopic (exact) mass is 175 g/mol. The van der Waals surface area contributed by atoms with E-state index in [1.165, 1.54) is 0 Å². The van der Waals surface area contributed by atoms with Gasteiger partial charge >= 0.3 is 0 Å². The summed E-state index contributed by atoms with van der Waals surface area (Å²) in [6, 6.07) is 7.61. The first-order valence-corrected chi connectivity index (χ1v) is 4.53. The molecule has 0 amide bonds. The van der Waals surface area contributed by atoms with E-state index in [-0.39, 0.29) is 5.78 Å². The van der Waals surface area contributed by atoms with Crippen LogP contribution in [0, 0.1) is 6.92 Å². The Labute approximate surface area is 77.8 Å². The van der Waals surface area contributed by atoms with Gasteiger partial charge in [-0.15, -0.1) is 0 Å². The normalized spacial score (nSPS) is 18.3. The van der Waals surface area contributed by atoms with E-state index in [1.54, 1.807) is 0 Å². The van der Waals surface area contributed by atoms with Crippen molar-refractivity contribution in [1.29, 1.82) is 0 Å². The van der Waals surface area contributed by atoms with Gasteiger partial charge in [-0.25, -0.2) is 0 Å². The van der Waals surface area contributed by atoms with Gasteiger partial charge in [0.25, 0.3) is 0 Å². The second kappa shape index (κ2) is 2.67. The lowest BCUT2D eigenvalue weighted by Gasteiger charge is -2.09. The van der Waals surface area contributed by atoms with E-state index in [2.05, 4.69) is 0 Å². The minimum atomic E-state index is -0.536. The third kappa shape index (κ3) is 1.38. The fraction of sp³-hybridized carbons (Fsp3) is 0.364. The maximum Gasteiger partial charge on any atom is 0.182 e. The highest BCUT2D eigenvalue weighted by Gasteiger charge is 2.46. The fourth-order valence-corrected chi connectivity index (χ4v) is 1.46. The average Bonchev–Trinajstić information content (AvgIpc) is 2.85. The molecule has 2 rings (SSSR count). The summed E-state index contributed by atoms with van der Waals surface area (Å²) < 4.78 is 0. The molecule has 0 saturated heterocycles.